The van der Waals surface area contributed by atoms with Crippen molar-refractivity contribution in [1.82, 2.24) is 4.98 Å². The van der Waals surface area contributed by atoms with E-state index in [0.29, 0.717) is 24.1 Å². The van der Waals surface area contributed by atoms with Gasteiger partial charge in [-0.25, -0.2) is 4.98 Å². The van der Waals surface area contributed by atoms with Crippen LogP contribution in [0.3, 0.4) is 0 Å². The maximum Gasteiger partial charge on any atom is 0.214 e. The second kappa shape index (κ2) is 6.40. The third-order valence-corrected chi connectivity index (χ3v) is 2.19. The Bertz CT molecular complexity index is 369. The van der Waals surface area contributed by atoms with E-state index in [4.69, 9.17) is 27.4 Å². The van der Waals surface area contributed by atoms with E-state index in [-0.39, 0.29) is 0 Å². The van der Waals surface area contributed by atoms with Gasteiger partial charge in [0.25, 0.3) is 0 Å². The first-order valence-electron chi connectivity index (χ1n) is 5.03. The third-order valence-electron chi connectivity index (χ3n) is 1.96. The van der Waals surface area contributed by atoms with Gasteiger partial charge in [0.05, 0.1) is 6.61 Å². The lowest BCUT2D eigenvalue weighted by Crippen LogP contribution is -2.11. The molecule has 0 spiro atoms. The van der Waals surface area contributed by atoms with Crippen LogP contribution in [0.15, 0.2) is 12.1 Å². The van der Waals surface area contributed by atoms with Gasteiger partial charge in [0.15, 0.2) is 0 Å². The first-order valence-corrected chi connectivity index (χ1v) is 5.44. The number of hydrogen-bond donors (Lipinski definition) is 1. The van der Waals surface area contributed by atoms with Gasteiger partial charge in [-0.05, 0) is 13.0 Å². The molecule has 1 rings (SSSR count). The van der Waals surface area contributed by atoms with E-state index in [9.17, 15) is 0 Å². The summed E-state index contributed by atoms with van der Waals surface area (Å²) < 4.78 is 10.4. The van der Waals surface area contributed by atoms with Gasteiger partial charge in [-0.1, -0.05) is 12.2 Å². The molecule has 0 saturated heterocycles. The predicted octanol–water partition coefficient (Wildman–Crippen LogP) is 1.44. The van der Waals surface area contributed by atoms with Crippen molar-refractivity contribution >= 4 is 17.2 Å². The van der Waals surface area contributed by atoms with Gasteiger partial charge in [0.2, 0.25) is 5.88 Å². The van der Waals surface area contributed by atoms with Crippen molar-refractivity contribution in [1.29, 1.82) is 0 Å². The van der Waals surface area contributed by atoms with Crippen molar-refractivity contribution < 1.29 is 9.47 Å². The van der Waals surface area contributed by atoms with Crippen LogP contribution in [-0.4, -0.2) is 30.3 Å². The number of pyridine rings is 1. The normalized spacial score (nSPS) is 10.1. The topological polar surface area (TPSA) is 57.4 Å². The molecule has 5 heteroatoms. The monoisotopic (exact) mass is 240 g/mol. The Labute approximate surface area is 101 Å². The molecule has 16 heavy (non-hydrogen) atoms. The molecule has 2 N–H and O–H groups in total. The number of nitrogens with two attached hydrogens (primary N) is 1. The smallest absolute Gasteiger partial charge is 0.214 e. The highest BCUT2D eigenvalue weighted by Gasteiger charge is 2.03. The van der Waals surface area contributed by atoms with E-state index in [0.717, 1.165) is 17.7 Å². The number of thiocarbonyl (C=S) groups is 1. The Morgan fingerprint density at radius 3 is 2.81 bits per heavy atom. The molecular weight excluding hydrogens is 224 g/mol. The summed E-state index contributed by atoms with van der Waals surface area (Å²) in [7, 11) is 1.66. The number of ether oxygens (including phenoxy) is 2. The standard InChI is InChI=1S/C11H16N2O2S/c1-8-6-9(11(12)16)7-10(13-8)15-5-3-4-14-2/h6-7H,3-5H2,1-2H3,(H2,12,16). The minimum Gasteiger partial charge on any atom is -0.478 e. The number of hydrogen-bond acceptors (Lipinski definition) is 4. The van der Waals surface area contributed by atoms with Gasteiger partial charge in [0.1, 0.15) is 4.99 Å². The summed E-state index contributed by atoms with van der Waals surface area (Å²) in [5.74, 6) is 0.555. The van der Waals surface area contributed by atoms with Crippen LogP contribution in [0, 0.1) is 6.92 Å². The highest BCUT2D eigenvalue weighted by Crippen LogP contribution is 2.12. The fourth-order valence-corrected chi connectivity index (χ4v) is 1.35. The fraction of sp³-hybridized carbons (Fsp3) is 0.455. The third kappa shape index (κ3) is 4.12. The molecule has 0 amide bonds. The van der Waals surface area contributed by atoms with E-state index >= 15 is 0 Å². The van der Waals surface area contributed by atoms with Crippen LogP contribution in [0.1, 0.15) is 17.7 Å². The van der Waals surface area contributed by atoms with Gasteiger partial charge >= 0.3 is 0 Å². The van der Waals surface area contributed by atoms with E-state index in [2.05, 4.69) is 4.98 Å². The zero-order valence-corrected chi connectivity index (χ0v) is 10.3. The van der Waals surface area contributed by atoms with Crippen LogP contribution in [0.5, 0.6) is 5.88 Å². The lowest BCUT2D eigenvalue weighted by Gasteiger charge is -2.07. The second-order valence-electron chi connectivity index (χ2n) is 3.39. The Morgan fingerprint density at radius 2 is 2.19 bits per heavy atom. The lowest BCUT2D eigenvalue weighted by atomic mass is 10.2. The maximum atomic E-state index is 5.56. The highest BCUT2D eigenvalue weighted by atomic mass is 32.1. The molecular formula is C11H16N2O2S. The van der Waals surface area contributed by atoms with Crippen LogP contribution < -0.4 is 10.5 Å². The van der Waals surface area contributed by atoms with Crippen LogP contribution in [0.25, 0.3) is 0 Å². The minimum absolute atomic E-state index is 0.354. The zero-order valence-electron chi connectivity index (χ0n) is 9.53. The van der Waals surface area contributed by atoms with Crippen LogP contribution in [0.2, 0.25) is 0 Å². The molecule has 1 aromatic rings. The van der Waals surface area contributed by atoms with Gasteiger partial charge in [0, 0.05) is 37.5 Å². The van der Waals surface area contributed by atoms with E-state index in [1.54, 1.807) is 13.2 Å². The Hall–Kier alpha value is -1.20. The van der Waals surface area contributed by atoms with Crippen molar-refractivity contribution in [2.24, 2.45) is 5.73 Å². The van der Waals surface area contributed by atoms with Gasteiger partial charge in [-0.2, -0.15) is 0 Å². The van der Waals surface area contributed by atoms with Crippen molar-refractivity contribution in [2.45, 2.75) is 13.3 Å². The molecule has 1 aromatic heterocycles. The Balaban J connectivity index is 2.62. The number of methoxy groups -OCH3 is 1. The molecule has 4 nitrogen and oxygen atoms in total. The molecule has 0 aromatic carbocycles. The van der Waals surface area contributed by atoms with Crippen LogP contribution >= 0.6 is 12.2 Å². The van der Waals surface area contributed by atoms with E-state index in [1.807, 2.05) is 13.0 Å². The summed E-state index contributed by atoms with van der Waals surface area (Å²) in [6.45, 7) is 3.12. The lowest BCUT2D eigenvalue weighted by molar-refractivity contribution is 0.170. The summed E-state index contributed by atoms with van der Waals surface area (Å²) in [4.78, 5) is 4.59. The maximum absolute atomic E-state index is 5.56. The Morgan fingerprint density at radius 1 is 1.44 bits per heavy atom. The largest absolute Gasteiger partial charge is 0.478 e. The number of rotatable bonds is 6. The molecule has 0 radical (unpaired) electrons. The summed E-state index contributed by atoms with van der Waals surface area (Å²) in [5, 5.41) is 0. The van der Waals surface area contributed by atoms with Gasteiger partial charge in [-0.3, -0.25) is 0 Å². The molecule has 0 fully saturated rings. The molecule has 0 atom stereocenters. The van der Waals surface area contributed by atoms with E-state index < -0.39 is 0 Å². The van der Waals surface area contributed by atoms with Crippen molar-refractivity contribution in [3.8, 4) is 5.88 Å². The fourth-order valence-electron chi connectivity index (χ4n) is 1.23. The molecule has 0 unspecified atom stereocenters. The molecule has 88 valence electrons. The van der Waals surface area contributed by atoms with E-state index in [1.165, 1.54) is 0 Å². The molecule has 0 saturated carbocycles. The van der Waals surface area contributed by atoms with Crippen molar-refractivity contribution in [3.63, 3.8) is 0 Å². The predicted molar refractivity (Wildman–Crippen MR) is 66.8 cm³/mol. The molecule has 1 heterocycles. The van der Waals surface area contributed by atoms with Gasteiger partial charge in [-0.15, -0.1) is 0 Å². The minimum atomic E-state index is 0.354. The SMILES string of the molecule is COCCCOc1cc(C(N)=S)cc(C)n1. The average molecular weight is 240 g/mol. The Kier molecular flexibility index (Phi) is 5.14. The number of aryl methyl sites for hydroxylation is 1. The highest BCUT2D eigenvalue weighted by molar-refractivity contribution is 7.80. The van der Waals surface area contributed by atoms with Gasteiger partial charge < -0.3 is 15.2 Å². The number of aromatic nitrogens is 1. The molecule has 0 aliphatic rings. The molecule has 0 aliphatic heterocycles. The van der Waals surface area contributed by atoms with Crippen molar-refractivity contribution in [3.05, 3.63) is 23.4 Å². The average Bonchev–Trinajstić information content (AvgIpc) is 2.23. The number of nitrogens with zero attached hydrogens (tertiary/aromatic N) is 1. The summed E-state index contributed by atoms with van der Waals surface area (Å²) >= 11 is 4.91. The summed E-state index contributed by atoms with van der Waals surface area (Å²) in [5.41, 5.74) is 7.18. The van der Waals surface area contributed by atoms with Crippen LogP contribution in [-0.2, 0) is 4.74 Å². The zero-order chi connectivity index (χ0) is 12.0. The van der Waals surface area contributed by atoms with Crippen molar-refractivity contribution in [2.75, 3.05) is 20.3 Å². The van der Waals surface area contributed by atoms with Crippen LogP contribution in [0.4, 0.5) is 0 Å². The first kappa shape index (κ1) is 12.9. The summed E-state index contributed by atoms with van der Waals surface area (Å²) in [6, 6.07) is 3.59. The first-order chi connectivity index (χ1) is 7.63. The molecule has 0 bridgehead atoms. The second-order valence-corrected chi connectivity index (χ2v) is 3.83. The summed E-state index contributed by atoms with van der Waals surface area (Å²) in [6.07, 6.45) is 0.828. The molecule has 0 aliphatic carbocycles. The quantitative estimate of drug-likeness (QED) is 0.602.